The van der Waals surface area contributed by atoms with Crippen molar-refractivity contribution in [3.63, 3.8) is 0 Å². The third-order valence-corrected chi connectivity index (χ3v) is 1.95. The molecule has 0 unspecified atom stereocenters. The van der Waals surface area contributed by atoms with Gasteiger partial charge in [0.25, 0.3) is 0 Å². The van der Waals surface area contributed by atoms with E-state index in [4.69, 9.17) is 0 Å². The first-order chi connectivity index (χ1) is 7.25. The van der Waals surface area contributed by atoms with Crippen molar-refractivity contribution in [3.05, 3.63) is 41.5 Å². The molecule has 0 amide bonds. The van der Waals surface area contributed by atoms with Crippen molar-refractivity contribution in [1.29, 1.82) is 0 Å². The molecule has 0 aliphatic heterocycles. The Bertz CT molecular complexity index is 472. The molecule has 5 heteroatoms. The van der Waals surface area contributed by atoms with Crippen LogP contribution in [0.1, 0.15) is 11.4 Å². The lowest BCUT2D eigenvalue weighted by atomic mass is 10.2. The smallest absolute Gasteiger partial charge is 0.174 e. The summed E-state index contributed by atoms with van der Waals surface area (Å²) >= 11 is 0. The predicted molar refractivity (Wildman–Crippen MR) is 54.1 cm³/mol. The Balaban J connectivity index is 2.19. The number of aryl methyl sites for hydroxylation is 1. The summed E-state index contributed by atoms with van der Waals surface area (Å²) in [5, 5.41) is 11.0. The molecule has 0 aliphatic rings. The minimum Gasteiger partial charge on any atom is -0.229 e. The zero-order chi connectivity index (χ0) is 10.7. The number of hydrogen-bond donors (Lipinski definition) is 0. The number of benzene rings is 1. The van der Waals surface area contributed by atoms with E-state index in [0.717, 1.165) is 5.56 Å². The molecule has 0 saturated heterocycles. The second-order valence-corrected chi connectivity index (χ2v) is 3.05. The van der Waals surface area contributed by atoms with E-state index in [9.17, 15) is 4.39 Å². The molecule has 76 valence electrons. The largest absolute Gasteiger partial charge is 0.229 e. The van der Waals surface area contributed by atoms with Crippen molar-refractivity contribution in [1.82, 2.24) is 20.2 Å². The summed E-state index contributed by atoms with van der Waals surface area (Å²) in [7, 11) is 1.75. The predicted octanol–water partition coefficient (Wildman–Crippen LogP) is 1.52. The Kier molecular flexibility index (Phi) is 2.53. The third-order valence-electron chi connectivity index (χ3n) is 1.95. The second kappa shape index (κ2) is 4.00. The molecule has 0 aliphatic carbocycles. The number of tetrazole rings is 1. The summed E-state index contributed by atoms with van der Waals surface area (Å²) < 4.78 is 14.2. The van der Waals surface area contributed by atoms with Gasteiger partial charge in [0.1, 0.15) is 5.82 Å². The van der Waals surface area contributed by atoms with Gasteiger partial charge in [-0.05, 0) is 34.2 Å². The summed E-state index contributed by atoms with van der Waals surface area (Å²) in [6.07, 6.45) is 3.60. The van der Waals surface area contributed by atoms with Crippen LogP contribution in [-0.2, 0) is 7.05 Å². The fourth-order valence-corrected chi connectivity index (χ4v) is 1.12. The van der Waals surface area contributed by atoms with Crippen LogP contribution in [0, 0.1) is 5.82 Å². The van der Waals surface area contributed by atoms with Crippen molar-refractivity contribution in [3.8, 4) is 0 Å². The van der Waals surface area contributed by atoms with Crippen LogP contribution in [0.2, 0.25) is 0 Å². The van der Waals surface area contributed by atoms with Gasteiger partial charge in [-0.15, -0.1) is 5.10 Å². The second-order valence-electron chi connectivity index (χ2n) is 3.05. The van der Waals surface area contributed by atoms with Crippen LogP contribution >= 0.6 is 0 Å². The van der Waals surface area contributed by atoms with Crippen LogP contribution in [0.15, 0.2) is 24.3 Å². The van der Waals surface area contributed by atoms with E-state index in [0.29, 0.717) is 5.82 Å². The van der Waals surface area contributed by atoms with E-state index < -0.39 is 0 Å². The van der Waals surface area contributed by atoms with E-state index in [-0.39, 0.29) is 5.82 Å². The molecule has 0 saturated carbocycles. The SMILES string of the molecule is Cn1nnnc1C=Cc1ccc(F)cc1. The van der Waals surface area contributed by atoms with Crippen molar-refractivity contribution >= 4 is 12.2 Å². The van der Waals surface area contributed by atoms with E-state index in [1.54, 1.807) is 29.9 Å². The topological polar surface area (TPSA) is 43.6 Å². The number of rotatable bonds is 2. The lowest BCUT2D eigenvalue weighted by Gasteiger charge is -1.92. The Morgan fingerprint density at radius 2 is 1.93 bits per heavy atom. The van der Waals surface area contributed by atoms with Crippen LogP contribution in [0.3, 0.4) is 0 Å². The van der Waals surface area contributed by atoms with Crippen molar-refractivity contribution in [2.24, 2.45) is 7.05 Å². The van der Waals surface area contributed by atoms with Gasteiger partial charge in [-0.1, -0.05) is 18.2 Å². The summed E-state index contributed by atoms with van der Waals surface area (Å²) in [6, 6.07) is 6.20. The van der Waals surface area contributed by atoms with Crippen molar-refractivity contribution in [2.45, 2.75) is 0 Å². The van der Waals surface area contributed by atoms with Crippen LogP contribution in [-0.4, -0.2) is 20.2 Å². The lowest BCUT2D eigenvalue weighted by Crippen LogP contribution is -1.93. The monoisotopic (exact) mass is 204 g/mol. The Labute approximate surface area is 86.0 Å². The maximum atomic E-state index is 12.6. The maximum Gasteiger partial charge on any atom is 0.174 e. The van der Waals surface area contributed by atoms with Crippen LogP contribution < -0.4 is 0 Å². The molecule has 2 rings (SSSR count). The first-order valence-corrected chi connectivity index (χ1v) is 4.42. The zero-order valence-corrected chi connectivity index (χ0v) is 8.13. The molecular weight excluding hydrogens is 195 g/mol. The van der Waals surface area contributed by atoms with Crippen molar-refractivity contribution in [2.75, 3.05) is 0 Å². The molecule has 4 nitrogen and oxygen atoms in total. The van der Waals surface area contributed by atoms with E-state index >= 15 is 0 Å². The highest BCUT2D eigenvalue weighted by Crippen LogP contribution is 2.06. The lowest BCUT2D eigenvalue weighted by molar-refractivity contribution is 0.628. The molecule has 2 aromatic rings. The minimum absolute atomic E-state index is 0.243. The number of nitrogens with zero attached hydrogens (tertiary/aromatic N) is 4. The highest BCUT2D eigenvalue weighted by atomic mass is 19.1. The highest BCUT2D eigenvalue weighted by Gasteiger charge is 1.95. The summed E-state index contributed by atoms with van der Waals surface area (Å²) in [5.41, 5.74) is 0.902. The molecular formula is C10H9FN4. The fraction of sp³-hybridized carbons (Fsp3) is 0.100. The molecule has 0 radical (unpaired) electrons. The van der Waals surface area contributed by atoms with Gasteiger partial charge in [-0.25, -0.2) is 9.07 Å². The highest BCUT2D eigenvalue weighted by molar-refractivity contribution is 5.66. The third kappa shape index (κ3) is 2.25. The maximum absolute atomic E-state index is 12.6. The zero-order valence-electron chi connectivity index (χ0n) is 8.13. The normalized spacial score (nSPS) is 11.1. The molecule has 1 aromatic heterocycles. The molecule has 1 heterocycles. The van der Waals surface area contributed by atoms with Gasteiger partial charge in [0.15, 0.2) is 5.82 Å². The number of halogens is 1. The molecule has 0 atom stereocenters. The number of hydrogen-bond acceptors (Lipinski definition) is 3. The minimum atomic E-state index is -0.243. The molecule has 1 aromatic carbocycles. The van der Waals surface area contributed by atoms with Crippen LogP contribution in [0.4, 0.5) is 4.39 Å². The number of aromatic nitrogens is 4. The fourth-order valence-electron chi connectivity index (χ4n) is 1.12. The van der Waals surface area contributed by atoms with Crippen LogP contribution in [0.5, 0.6) is 0 Å². The Morgan fingerprint density at radius 3 is 2.53 bits per heavy atom. The first-order valence-electron chi connectivity index (χ1n) is 4.42. The van der Waals surface area contributed by atoms with E-state index in [2.05, 4.69) is 15.5 Å². The van der Waals surface area contributed by atoms with Gasteiger partial charge >= 0.3 is 0 Å². The van der Waals surface area contributed by atoms with Crippen molar-refractivity contribution < 1.29 is 4.39 Å². The standard InChI is InChI=1S/C10H9FN4/c1-15-10(12-13-14-15)7-4-8-2-5-9(11)6-3-8/h2-7H,1H3. The summed E-state index contributed by atoms with van der Waals surface area (Å²) in [6.45, 7) is 0. The van der Waals surface area contributed by atoms with E-state index in [1.807, 2.05) is 6.08 Å². The summed E-state index contributed by atoms with van der Waals surface area (Å²) in [4.78, 5) is 0. The average molecular weight is 204 g/mol. The van der Waals surface area contributed by atoms with Gasteiger partial charge in [-0.3, -0.25) is 0 Å². The Hall–Kier alpha value is -2.04. The molecule has 0 bridgehead atoms. The van der Waals surface area contributed by atoms with Gasteiger partial charge in [-0.2, -0.15) is 0 Å². The van der Waals surface area contributed by atoms with Gasteiger partial charge in [0.2, 0.25) is 0 Å². The Morgan fingerprint density at radius 1 is 1.20 bits per heavy atom. The summed E-state index contributed by atoms with van der Waals surface area (Å²) in [5.74, 6) is 0.409. The molecule has 0 fully saturated rings. The molecule has 0 N–H and O–H groups in total. The van der Waals surface area contributed by atoms with Gasteiger partial charge < -0.3 is 0 Å². The van der Waals surface area contributed by atoms with E-state index in [1.165, 1.54) is 12.1 Å². The van der Waals surface area contributed by atoms with Gasteiger partial charge in [0, 0.05) is 7.05 Å². The quantitative estimate of drug-likeness (QED) is 0.744. The molecule has 0 spiro atoms. The average Bonchev–Trinajstić information content (AvgIpc) is 2.63. The van der Waals surface area contributed by atoms with Crippen LogP contribution in [0.25, 0.3) is 12.2 Å². The first kappa shape index (κ1) is 9.51. The van der Waals surface area contributed by atoms with Gasteiger partial charge in [0.05, 0.1) is 0 Å². The molecule has 15 heavy (non-hydrogen) atoms.